The van der Waals surface area contributed by atoms with Gasteiger partial charge in [0.25, 0.3) is 0 Å². The Kier molecular flexibility index (Phi) is 3.68. The molecule has 2 heteroatoms. The van der Waals surface area contributed by atoms with Gasteiger partial charge >= 0.3 is 0 Å². The SMILES string of the molecule is CC(C)CC(C)(O)CNC1CC2CC1C1CCCC21. The van der Waals surface area contributed by atoms with Gasteiger partial charge in [-0.1, -0.05) is 20.3 Å². The maximum atomic E-state index is 10.4. The largest absolute Gasteiger partial charge is 0.389 e. The van der Waals surface area contributed by atoms with E-state index in [4.69, 9.17) is 0 Å². The fourth-order valence-electron chi connectivity index (χ4n) is 5.61. The summed E-state index contributed by atoms with van der Waals surface area (Å²) >= 11 is 0. The summed E-state index contributed by atoms with van der Waals surface area (Å²) in [6, 6.07) is 0.697. The molecule has 0 aromatic heterocycles. The lowest BCUT2D eigenvalue weighted by Crippen LogP contribution is -2.47. The maximum absolute atomic E-state index is 10.4. The van der Waals surface area contributed by atoms with Gasteiger partial charge in [-0.3, -0.25) is 0 Å². The standard InChI is InChI=1S/C17H31NO/c1-11(2)9-17(3,19)10-18-16-8-12-7-15(16)14-6-4-5-13(12)14/h11-16,18-19H,4-10H2,1-3H3. The van der Waals surface area contributed by atoms with Crippen molar-refractivity contribution in [3.63, 3.8) is 0 Å². The highest BCUT2D eigenvalue weighted by atomic mass is 16.3. The van der Waals surface area contributed by atoms with Crippen LogP contribution in [0.25, 0.3) is 0 Å². The molecule has 3 fully saturated rings. The average molecular weight is 265 g/mol. The van der Waals surface area contributed by atoms with Crippen LogP contribution in [0.15, 0.2) is 0 Å². The topological polar surface area (TPSA) is 32.3 Å². The van der Waals surface area contributed by atoms with Crippen LogP contribution >= 0.6 is 0 Å². The molecule has 0 radical (unpaired) electrons. The molecule has 110 valence electrons. The van der Waals surface area contributed by atoms with E-state index >= 15 is 0 Å². The molecule has 6 unspecified atom stereocenters. The number of hydrogen-bond acceptors (Lipinski definition) is 2. The normalized spacial score (nSPS) is 43.7. The minimum absolute atomic E-state index is 0.537. The minimum Gasteiger partial charge on any atom is -0.389 e. The summed E-state index contributed by atoms with van der Waals surface area (Å²) in [5, 5.41) is 14.2. The molecule has 0 spiro atoms. The van der Waals surface area contributed by atoms with Gasteiger partial charge in [-0.2, -0.15) is 0 Å². The van der Waals surface area contributed by atoms with Crippen molar-refractivity contribution < 1.29 is 5.11 Å². The van der Waals surface area contributed by atoms with Gasteiger partial charge in [-0.05, 0) is 68.6 Å². The molecule has 2 bridgehead atoms. The number of hydrogen-bond donors (Lipinski definition) is 2. The lowest BCUT2D eigenvalue weighted by atomic mass is 9.79. The van der Waals surface area contributed by atoms with E-state index in [0.717, 1.165) is 36.6 Å². The molecule has 19 heavy (non-hydrogen) atoms. The highest BCUT2D eigenvalue weighted by Crippen LogP contribution is 2.58. The van der Waals surface area contributed by atoms with Gasteiger partial charge in [0, 0.05) is 12.6 Å². The van der Waals surface area contributed by atoms with Gasteiger partial charge in [-0.15, -0.1) is 0 Å². The van der Waals surface area contributed by atoms with Crippen LogP contribution < -0.4 is 5.32 Å². The Morgan fingerprint density at radius 1 is 1.16 bits per heavy atom. The zero-order valence-electron chi connectivity index (χ0n) is 12.9. The molecule has 2 N–H and O–H groups in total. The Hall–Kier alpha value is -0.0800. The lowest BCUT2D eigenvalue weighted by molar-refractivity contribution is 0.0317. The zero-order chi connectivity index (χ0) is 13.6. The van der Waals surface area contributed by atoms with Gasteiger partial charge in [0.15, 0.2) is 0 Å². The van der Waals surface area contributed by atoms with Gasteiger partial charge in [0.1, 0.15) is 0 Å². The Labute approximate surface area is 118 Å². The van der Waals surface area contributed by atoms with Gasteiger partial charge in [0.2, 0.25) is 0 Å². The van der Waals surface area contributed by atoms with Crippen molar-refractivity contribution >= 4 is 0 Å². The van der Waals surface area contributed by atoms with E-state index in [2.05, 4.69) is 19.2 Å². The number of rotatable bonds is 5. The van der Waals surface area contributed by atoms with E-state index in [-0.39, 0.29) is 0 Å². The van der Waals surface area contributed by atoms with Gasteiger partial charge in [0.05, 0.1) is 5.60 Å². The van der Waals surface area contributed by atoms with E-state index < -0.39 is 5.60 Å². The summed E-state index contributed by atoms with van der Waals surface area (Å²) in [4.78, 5) is 0. The number of fused-ring (bicyclic) bond motifs is 5. The van der Waals surface area contributed by atoms with Gasteiger partial charge in [-0.25, -0.2) is 0 Å². The molecule has 3 rings (SSSR count). The van der Waals surface area contributed by atoms with Crippen molar-refractivity contribution in [1.82, 2.24) is 5.32 Å². The van der Waals surface area contributed by atoms with Crippen molar-refractivity contribution in [3.05, 3.63) is 0 Å². The van der Waals surface area contributed by atoms with Crippen LogP contribution in [-0.2, 0) is 0 Å². The molecular formula is C17H31NO. The second-order valence-electron chi connectivity index (χ2n) is 8.24. The van der Waals surface area contributed by atoms with E-state index in [9.17, 15) is 5.11 Å². The van der Waals surface area contributed by atoms with E-state index in [1.54, 1.807) is 0 Å². The molecule has 0 aliphatic heterocycles. The van der Waals surface area contributed by atoms with Crippen LogP contribution in [0.5, 0.6) is 0 Å². The first-order chi connectivity index (χ1) is 8.96. The summed E-state index contributed by atoms with van der Waals surface area (Å²) in [6.45, 7) is 7.15. The second-order valence-corrected chi connectivity index (χ2v) is 8.24. The van der Waals surface area contributed by atoms with Crippen LogP contribution in [-0.4, -0.2) is 23.3 Å². The quantitative estimate of drug-likeness (QED) is 0.800. The molecule has 3 aliphatic carbocycles. The van der Waals surface area contributed by atoms with Crippen LogP contribution in [0.4, 0.5) is 0 Å². The second kappa shape index (κ2) is 5.04. The molecule has 3 aliphatic rings. The van der Waals surface area contributed by atoms with Crippen molar-refractivity contribution in [2.75, 3.05) is 6.54 Å². The average Bonchev–Trinajstić information content (AvgIpc) is 2.97. The van der Waals surface area contributed by atoms with Crippen LogP contribution in [0.3, 0.4) is 0 Å². The smallest absolute Gasteiger partial charge is 0.0746 e. The van der Waals surface area contributed by atoms with E-state index in [1.807, 2.05) is 6.92 Å². The molecule has 2 nitrogen and oxygen atoms in total. The molecule has 0 aromatic carbocycles. The van der Waals surface area contributed by atoms with Crippen molar-refractivity contribution in [2.24, 2.45) is 29.6 Å². The highest BCUT2D eigenvalue weighted by molar-refractivity contribution is 5.05. The third-order valence-electron chi connectivity index (χ3n) is 6.02. The molecule has 6 atom stereocenters. The third kappa shape index (κ3) is 2.71. The fraction of sp³-hybridized carbons (Fsp3) is 1.00. The van der Waals surface area contributed by atoms with E-state index in [0.29, 0.717) is 12.0 Å². The van der Waals surface area contributed by atoms with Crippen LogP contribution in [0.1, 0.15) is 59.3 Å². The van der Waals surface area contributed by atoms with Crippen LogP contribution in [0, 0.1) is 29.6 Å². The maximum Gasteiger partial charge on any atom is 0.0746 e. The summed E-state index contributed by atoms with van der Waals surface area (Å²) in [6.07, 6.45) is 8.20. The van der Waals surface area contributed by atoms with Crippen molar-refractivity contribution in [3.8, 4) is 0 Å². The zero-order valence-corrected chi connectivity index (χ0v) is 12.9. The predicted octanol–water partition coefficient (Wildman–Crippen LogP) is 3.20. The lowest BCUT2D eigenvalue weighted by Gasteiger charge is -2.35. The first-order valence-corrected chi connectivity index (χ1v) is 8.42. The Morgan fingerprint density at radius 2 is 1.89 bits per heavy atom. The number of nitrogens with one attached hydrogen (secondary N) is 1. The first-order valence-electron chi connectivity index (χ1n) is 8.42. The molecular weight excluding hydrogens is 234 g/mol. The van der Waals surface area contributed by atoms with Crippen LogP contribution in [0.2, 0.25) is 0 Å². The minimum atomic E-state index is -0.537. The molecule has 0 saturated heterocycles. The fourth-order valence-corrected chi connectivity index (χ4v) is 5.61. The Bertz CT molecular complexity index is 325. The molecule has 3 saturated carbocycles. The van der Waals surface area contributed by atoms with Crippen molar-refractivity contribution in [1.29, 1.82) is 0 Å². The number of aliphatic hydroxyl groups is 1. The van der Waals surface area contributed by atoms with Gasteiger partial charge < -0.3 is 10.4 Å². The predicted molar refractivity (Wildman–Crippen MR) is 78.9 cm³/mol. The first kappa shape index (κ1) is 13.9. The molecule has 0 heterocycles. The summed E-state index contributed by atoms with van der Waals surface area (Å²) in [5.74, 6) is 4.58. The third-order valence-corrected chi connectivity index (χ3v) is 6.02. The molecule has 0 amide bonds. The summed E-state index contributed by atoms with van der Waals surface area (Å²) < 4.78 is 0. The van der Waals surface area contributed by atoms with Crippen molar-refractivity contribution in [2.45, 2.75) is 70.9 Å². The summed E-state index contributed by atoms with van der Waals surface area (Å²) in [5.41, 5.74) is -0.537. The Balaban J connectivity index is 1.52. The molecule has 0 aromatic rings. The summed E-state index contributed by atoms with van der Waals surface area (Å²) in [7, 11) is 0. The highest BCUT2D eigenvalue weighted by Gasteiger charge is 2.53. The Morgan fingerprint density at radius 3 is 2.63 bits per heavy atom. The van der Waals surface area contributed by atoms with E-state index in [1.165, 1.54) is 32.1 Å². The monoisotopic (exact) mass is 265 g/mol.